The van der Waals surface area contributed by atoms with Crippen molar-refractivity contribution in [3.8, 4) is 5.75 Å². The Balaban J connectivity index is 2.54. The molecule has 0 radical (unpaired) electrons. The normalized spacial score (nSPS) is 13.5. The minimum absolute atomic E-state index is 0.228. The van der Waals surface area contributed by atoms with Crippen LogP contribution in [0.1, 0.15) is 45.7 Å². The standard InChI is InChI=1S/C22H41N5O/c1-17(2)27(18(3)4)14-10-13-24-22(23-5)25-16-21(26(6)7)19-11-9-12-20(15-19)28-8/h9,11-12,15,17-18,21H,10,13-14,16H2,1-8H3,(H2,23,24,25). The van der Waals surface area contributed by atoms with Crippen LogP contribution < -0.4 is 15.4 Å². The van der Waals surface area contributed by atoms with E-state index >= 15 is 0 Å². The fourth-order valence-electron chi connectivity index (χ4n) is 3.44. The second kappa shape index (κ2) is 12.6. The van der Waals surface area contributed by atoms with Gasteiger partial charge in [0.05, 0.1) is 13.2 Å². The lowest BCUT2D eigenvalue weighted by Gasteiger charge is -2.30. The third-order valence-electron chi connectivity index (χ3n) is 5.00. The Bertz CT molecular complexity index is 578. The van der Waals surface area contributed by atoms with Crippen molar-refractivity contribution < 1.29 is 4.74 Å². The Morgan fingerprint density at radius 3 is 2.32 bits per heavy atom. The molecule has 0 heterocycles. The van der Waals surface area contributed by atoms with Crippen molar-refractivity contribution in [3.63, 3.8) is 0 Å². The van der Waals surface area contributed by atoms with Crippen molar-refractivity contribution in [2.24, 2.45) is 4.99 Å². The number of nitrogens with zero attached hydrogens (tertiary/aromatic N) is 3. The number of methoxy groups -OCH3 is 1. The van der Waals surface area contributed by atoms with E-state index in [9.17, 15) is 0 Å². The van der Waals surface area contributed by atoms with Gasteiger partial charge in [-0.25, -0.2) is 0 Å². The van der Waals surface area contributed by atoms with Gasteiger partial charge in [-0.1, -0.05) is 12.1 Å². The van der Waals surface area contributed by atoms with E-state index in [2.05, 4.69) is 79.3 Å². The summed E-state index contributed by atoms with van der Waals surface area (Å²) in [6.45, 7) is 11.8. The van der Waals surface area contributed by atoms with E-state index in [4.69, 9.17) is 4.74 Å². The molecule has 0 aliphatic rings. The summed E-state index contributed by atoms with van der Waals surface area (Å²) in [5.41, 5.74) is 1.22. The summed E-state index contributed by atoms with van der Waals surface area (Å²) in [4.78, 5) is 9.09. The summed E-state index contributed by atoms with van der Waals surface area (Å²) >= 11 is 0. The van der Waals surface area contributed by atoms with Gasteiger partial charge >= 0.3 is 0 Å². The van der Waals surface area contributed by atoms with Gasteiger partial charge in [0, 0.05) is 38.8 Å². The molecular formula is C22H41N5O. The maximum atomic E-state index is 5.37. The Morgan fingerprint density at radius 1 is 1.11 bits per heavy atom. The predicted octanol–water partition coefficient (Wildman–Crippen LogP) is 2.97. The number of benzene rings is 1. The van der Waals surface area contributed by atoms with Crippen LogP contribution in [0.15, 0.2) is 29.3 Å². The van der Waals surface area contributed by atoms with E-state index in [1.165, 1.54) is 5.56 Å². The van der Waals surface area contributed by atoms with E-state index < -0.39 is 0 Å². The van der Waals surface area contributed by atoms with Crippen LogP contribution >= 0.6 is 0 Å². The third kappa shape index (κ3) is 8.07. The van der Waals surface area contributed by atoms with Crippen molar-refractivity contribution in [2.75, 3.05) is 47.9 Å². The molecule has 0 bridgehead atoms. The average molecular weight is 392 g/mol. The molecule has 0 saturated heterocycles. The van der Waals surface area contributed by atoms with Gasteiger partial charge in [0.1, 0.15) is 5.75 Å². The average Bonchev–Trinajstić information content (AvgIpc) is 2.65. The Labute approximate surface area is 172 Å². The fraction of sp³-hybridized carbons (Fsp3) is 0.682. The molecule has 1 atom stereocenters. The molecule has 0 aromatic heterocycles. The van der Waals surface area contributed by atoms with Crippen LogP contribution in [-0.4, -0.2) is 75.7 Å². The Kier molecular flexibility index (Phi) is 10.9. The zero-order valence-corrected chi connectivity index (χ0v) is 19.1. The lowest BCUT2D eigenvalue weighted by Crippen LogP contribution is -2.43. The summed E-state index contributed by atoms with van der Waals surface area (Å²) in [5.74, 6) is 1.72. The van der Waals surface area contributed by atoms with E-state index in [1.807, 2.05) is 19.2 Å². The lowest BCUT2D eigenvalue weighted by molar-refractivity contribution is 0.173. The molecule has 1 aromatic carbocycles. The molecule has 1 aromatic rings. The summed E-state index contributed by atoms with van der Waals surface area (Å²) in [7, 11) is 7.70. The van der Waals surface area contributed by atoms with Crippen LogP contribution in [0, 0.1) is 0 Å². The van der Waals surface area contributed by atoms with Crippen molar-refractivity contribution in [1.82, 2.24) is 20.4 Å². The summed E-state index contributed by atoms with van der Waals surface area (Å²) in [6.07, 6.45) is 1.09. The second-order valence-electron chi connectivity index (χ2n) is 7.91. The maximum absolute atomic E-state index is 5.37. The van der Waals surface area contributed by atoms with Gasteiger partial charge in [0.2, 0.25) is 0 Å². The van der Waals surface area contributed by atoms with E-state index in [1.54, 1.807) is 7.11 Å². The smallest absolute Gasteiger partial charge is 0.191 e. The molecule has 0 aliphatic heterocycles. The molecule has 0 saturated carbocycles. The largest absolute Gasteiger partial charge is 0.497 e. The van der Waals surface area contributed by atoms with Gasteiger partial charge in [-0.15, -0.1) is 0 Å². The van der Waals surface area contributed by atoms with Crippen molar-refractivity contribution in [1.29, 1.82) is 0 Å². The minimum atomic E-state index is 0.228. The molecule has 6 nitrogen and oxygen atoms in total. The Morgan fingerprint density at radius 2 is 1.79 bits per heavy atom. The molecule has 1 rings (SSSR count). The van der Waals surface area contributed by atoms with Gasteiger partial charge < -0.3 is 20.3 Å². The van der Waals surface area contributed by atoms with Crippen molar-refractivity contribution in [2.45, 2.75) is 52.2 Å². The molecular weight excluding hydrogens is 350 g/mol. The van der Waals surface area contributed by atoms with Gasteiger partial charge in [-0.3, -0.25) is 9.89 Å². The summed E-state index contributed by atoms with van der Waals surface area (Å²) in [6, 6.07) is 9.61. The number of ether oxygens (including phenoxy) is 1. The number of rotatable bonds is 11. The molecule has 1 unspecified atom stereocenters. The van der Waals surface area contributed by atoms with Gasteiger partial charge in [0.25, 0.3) is 0 Å². The minimum Gasteiger partial charge on any atom is -0.497 e. The van der Waals surface area contributed by atoms with Crippen LogP contribution in [0.25, 0.3) is 0 Å². The van der Waals surface area contributed by atoms with Crippen LogP contribution in [0.3, 0.4) is 0 Å². The van der Waals surface area contributed by atoms with E-state index in [0.29, 0.717) is 12.1 Å². The topological polar surface area (TPSA) is 52.1 Å². The van der Waals surface area contributed by atoms with Gasteiger partial charge in [-0.05, 0) is 65.9 Å². The fourth-order valence-corrected chi connectivity index (χ4v) is 3.44. The first-order valence-corrected chi connectivity index (χ1v) is 10.3. The number of likely N-dealkylation sites (N-methyl/N-ethyl adjacent to an activating group) is 1. The molecule has 6 heteroatoms. The summed E-state index contributed by atoms with van der Waals surface area (Å²) < 4.78 is 5.37. The van der Waals surface area contributed by atoms with Gasteiger partial charge in [-0.2, -0.15) is 0 Å². The molecule has 0 spiro atoms. The van der Waals surface area contributed by atoms with Crippen LogP contribution in [0.4, 0.5) is 0 Å². The maximum Gasteiger partial charge on any atom is 0.191 e. The molecule has 160 valence electrons. The zero-order valence-electron chi connectivity index (χ0n) is 19.1. The van der Waals surface area contributed by atoms with E-state index in [-0.39, 0.29) is 6.04 Å². The number of guanidine groups is 1. The van der Waals surface area contributed by atoms with E-state index in [0.717, 1.165) is 37.8 Å². The molecule has 0 fully saturated rings. The molecule has 0 amide bonds. The highest BCUT2D eigenvalue weighted by Gasteiger charge is 2.16. The predicted molar refractivity (Wildman–Crippen MR) is 120 cm³/mol. The first-order valence-electron chi connectivity index (χ1n) is 10.3. The van der Waals surface area contributed by atoms with Crippen LogP contribution in [0.2, 0.25) is 0 Å². The first-order chi connectivity index (χ1) is 13.3. The Hall–Kier alpha value is -1.79. The highest BCUT2D eigenvalue weighted by Crippen LogP contribution is 2.22. The zero-order chi connectivity index (χ0) is 21.1. The number of hydrogen-bond donors (Lipinski definition) is 2. The second-order valence-corrected chi connectivity index (χ2v) is 7.91. The molecule has 0 aliphatic carbocycles. The number of aliphatic imine (C=N–C) groups is 1. The monoisotopic (exact) mass is 391 g/mol. The third-order valence-corrected chi connectivity index (χ3v) is 5.00. The summed E-state index contributed by atoms with van der Waals surface area (Å²) in [5, 5.41) is 6.90. The lowest BCUT2D eigenvalue weighted by atomic mass is 10.1. The van der Waals surface area contributed by atoms with Gasteiger partial charge in [0.15, 0.2) is 5.96 Å². The first kappa shape index (κ1) is 24.2. The molecule has 2 N–H and O–H groups in total. The van der Waals surface area contributed by atoms with Crippen LogP contribution in [-0.2, 0) is 0 Å². The highest BCUT2D eigenvalue weighted by molar-refractivity contribution is 5.79. The SMILES string of the molecule is CN=C(NCCCN(C(C)C)C(C)C)NCC(c1cccc(OC)c1)N(C)C. The highest BCUT2D eigenvalue weighted by atomic mass is 16.5. The number of nitrogens with one attached hydrogen (secondary N) is 2. The van der Waals surface area contributed by atoms with Crippen LogP contribution in [0.5, 0.6) is 5.75 Å². The van der Waals surface area contributed by atoms with Crippen molar-refractivity contribution in [3.05, 3.63) is 29.8 Å². The molecule has 28 heavy (non-hydrogen) atoms. The number of hydrogen-bond acceptors (Lipinski definition) is 4. The quantitative estimate of drug-likeness (QED) is 0.345. The van der Waals surface area contributed by atoms with Crippen molar-refractivity contribution >= 4 is 5.96 Å².